The smallest absolute Gasteiger partial charge is 0.272 e. The molecule has 0 saturated heterocycles. The zero-order valence-electron chi connectivity index (χ0n) is 18.6. The van der Waals surface area contributed by atoms with Crippen molar-refractivity contribution in [2.75, 3.05) is 32.5 Å². The lowest BCUT2D eigenvalue weighted by Crippen LogP contribution is -2.31. The van der Waals surface area contributed by atoms with E-state index in [0.29, 0.717) is 28.9 Å². The van der Waals surface area contributed by atoms with Gasteiger partial charge in [-0.2, -0.15) is 0 Å². The van der Waals surface area contributed by atoms with Crippen molar-refractivity contribution in [2.24, 2.45) is 5.92 Å². The van der Waals surface area contributed by atoms with Gasteiger partial charge in [0, 0.05) is 19.3 Å². The van der Waals surface area contributed by atoms with Crippen molar-refractivity contribution in [3.63, 3.8) is 0 Å². The standard InChI is InChI=1S/C22H31N5O4/c1-5-16(2)11-13-26(4)15-22(28)25-21-14-18(10-12-24-21)31-17-6-8-19(23-3)20(9-7-17)27(29)30/h6-8,10,12,14,16,23H,5,9,11,13,15H2,1-4H3,(H,24,25,28). The van der Waals surface area contributed by atoms with E-state index in [0.717, 1.165) is 19.4 Å². The molecule has 0 aliphatic heterocycles. The topological polar surface area (TPSA) is 110 Å². The third kappa shape index (κ3) is 7.86. The largest absolute Gasteiger partial charge is 0.458 e. The maximum Gasteiger partial charge on any atom is 0.272 e. The Bertz CT molecular complexity index is 878. The summed E-state index contributed by atoms with van der Waals surface area (Å²) in [7, 11) is 3.56. The molecule has 1 amide bonds. The first-order valence-corrected chi connectivity index (χ1v) is 10.4. The second-order valence-electron chi connectivity index (χ2n) is 7.58. The lowest BCUT2D eigenvalue weighted by Gasteiger charge is -2.18. The summed E-state index contributed by atoms with van der Waals surface area (Å²) < 4.78 is 5.83. The van der Waals surface area contributed by atoms with Crippen molar-refractivity contribution in [1.82, 2.24) is 15.2 Å². The van der Waals surface area contributed by atoms with Gasteiger partial charge < -0.3 is 15.4 Å². The highest BCUT2D eigenvalue weighted by Gasteiger charge is 2.18. The Labute approximate surface area is 183 Å². The zero-order valence-corrected chi connectivity index (χ0v) is 18.6. The van der Waals surface area contributed by atoms with E-state index in [4.69, 9.17) is 4.74 Å². The van der Waals surface area contributed by atoms with Crippen LogP contribution in [0.25, 0.3) is 0 Å². The monoisotopic (exact) mass is 429 g/mol. The molecule has 1 aliphatic rings. The number of pyridine rings is 1. The van der Waals surface area contributed by atoms with Crippen LogP contribution in [0.4, 0.5) is 5.82 Å². The summed E-state index contributed by atoms with van der Waals surface area (Å²) in [5, 5.41) is 16.8. The fourth-order valence-electron chi connectivity index (χ4n) is 2.94. The third-order valence-corrected chi connectivity index (χ3v) is 5.06. The van der Waals surface area contributed by atoms with Crippen molar-refractivity contribution in [1.29, 1.82) is 0 Å². The summed E-state index contributed by atoms with van der Waals surface area (Å²) in [5.74, 6) is 1.81. The molecule has 1 aromatic heterocycles. The summed E-state index contributed by atoms with van der Waals surface area (Å²) in [6.07, 6.45) is 8.75. The van der Waals surface area contributed by atoms with Gasteiger partial charge in [-0.1, -0.05) is 20.3 Å². The molecule has 0 radical (unpaired) electrons. The Hall–Kier alpha value is -3.20. The van der Waals surface area contributed by atoms with Crippen LogP contribution in [0.5, 0.6) is 5.75 Å². The Balaban J connectivity index is 1.95. The van der Waals surface area contributed by atoms with Gasteiger partial charge in [-0.25, -0.2) is 4.98 Å². The molecule has 1 unspecified atom stereocenters. The molecule has 1 heterocycles. The van der Waals surface area contributed by atoms with Crippen molar-refractivity contribution < 1.29 is 14.5 Å². The fourth-order valence-corrected chi connectivity index (χ4v) is 2.94. The van der Waals surface area contributed by atoms with Crippen molar-refractivity contribution in [2.45, 2.75) is 33.1 Å². The number of carbonyl (C=O) groups excluding carboxylic acids is 1. The van der Waals surface area contributed by atoms with E-state index < -0.39 is 4.92 Å². The summed E-state index contributed by atoms with van der Waals surface area (Å²) >= 11 is 0. The van der Waals surface area contributed by atoms with E-state index in [1.807, 2.05) is 11.9 Å². The van der Waals surface area contributed by atoms with Crippen LogP contribution in [0, 0.1) is 16.0 Å². The third-order valence-electron chi connectivity index (χ3n) is 5.06. The number of nitrogens with zero attached hydrogens (tertiary/aromatic N) is 3. The number of rotatable bonds is 11. The second-order valence-corrected chi connectivity index (χ2v) is 7.58. The number of nitrogens with one attached hydrogen (secondary N) is 2. The number of amides is 1. The number of likely N-dealkylation sites (N-methyl/N-ethyl adjacent to an activating group) is 2. The molecular weight excluding hydrogens is 398 g/mol. The van der Waals surface area contributed by atoms with Gasteiger partial charge in [0.1, 0.15) is 23.0 Å². The Morgan fingerprint density at radius 3 is 2.87 bits per heavy atom. The van der Waals surface area contributed by atoms with Crippen LogP contribution in [-0.4, -0.2) is 47.9 Å². The second kappa shape index (κ2) is 11.8. The summed E-state index contributed by atoms with van der Waals surface area (Å²) in [4.78, 5) is 29.3. The molecule has 31 heavy (non-hydrogen) atoms. The highest BCUT2D eigenvalue weighted by atomic mass is 16.6. The van der Waals surface area contributed by atoms with Crippen LogP contribution in [0.15, 0.2) is 53.7 Å². The molecule has 0 bridgehead atoms. The molecule has 2 rings (SSSR count). The van der Waals surface area contributed by atoms with E-state index in [-0.39, 0.29) is 24.6 Å². The Kier molecular flexibility index (Phi) is 9.20. The molecule has 2 N–H and O–H groups in total. The molecule has 9 heteroatoms. The number of ether oxygens (including phenoxy) is 1. The number of nitro groups is 1. The van der Waals surface area contributed by atoms with Crippen LogP contribution in [-0.2, 0) is 4.79 Å². The van der Waals surface area contributed by atoms with Gasteiger partial charge in [0.05, 0.1) is 17.9 Å². The highest BCUT2D eigenvalue weighted by molar-refractivity contribution is 5.91. The van der Waals surface area contributed by atoms with E-state index in [9.17, 15) is 14.9 Å². The van der Waals surface area contributed by atoms with Crippen LogP contribution in [0.3, 0.4) is 0 Å². The van der Waals surface area contributed by atoms with Crippen molar-refractivity contribution in [3.05, 3.63) is 63.8 Å². The van der Waals surface area contributed by atoms with E-state index in [2.05, 4.69) is 29.5 Å². The van der Waals surface area contributed by atoms with Gasteiger partial charge >= 0.3 is 0 Å². The highest BCUT2D eigenvalue weighted by Crippen LogP contribution is 2.22. The minimum Gasteiger partial charge on any atom is -0.458 e. The van der Waals surface area contributed by atoms with Crippen molar-refractivity contribution in [3.8, 4) is 5.75 Å². The first-order valence-electron chi connectivity index (χ1n) is 10.4. The molecule has 1 atom stereocenters. The summed E-state index contributed by atoms with van der Waals surface area (Å²) in [6.45, 7) is 5.50. The first-order chi connectivity index (χ1) is 14.8. The minimum atomic E-state index is -0.407. The minimum absolute atomic E-state index is 0.0671. The quantitative estimate of drug-likeness (QED) is 0.410. The lowest BCUT2D eigenvalue weighted by atomic mass is 10.1. The molecule has 0 spiro atoms. The van der Waals surface area contributed by atoms with Gasteiger partial charge in [-0.15, -0.1) is 0 Å². The number of carbonyl (C=O) groups is 1. The normalized spacial score (nSPS) is 14.7. The Morgan fingerprint density at radius 1 is 1.42 bits per heavy atom. The molecular formula is C22H31N5O4. The fraction of sp³-hybridized carbons (Fsp3) is 0.455. The van der Waals surface area contributed by atoms with Crippen LogP contribution in [0.2, 0.25) is 0 Å². The summed E-state index contributed by atoms with van der Waals surface area (Å²) in [6, 6.07) is 3.28. The number of allylic oxidation sites excluding steroid dienone is 3. The van der Waals surface area contributed by atoms with Crippen molar-refractivity contribution >= 4 is 11.7 Å². The zero-order chi connectivity index (χ0) is 22.8. The SMILES string of the molecule is CCC(C)CCN(C)CC(=O)Nc1cc(OC2=CCC([N+](=O)[O-])=C(NC)C=C2)ccn1. The maximum atomic E-state index is 12.3. The molecule has 0 fully saturated rings. The van der Waals surface area contributed by atoms with Gasteiger partial charge in [0.2, 0.25) is 5.91 Å². The number of hydrogen-bond acceptors (Lipinski definition) is 7. The molecule has 1 aromatic rings. The Morgan fingerprint density at radius 2 is 2.19 bits per heavy atom. The molecule has 0 aromatic carbocycles. The average molecular weight is 430 g/mol. The van der Waals surface area contributed by atoms with Gasteiger partial charge in [0.15, 0.2) is 0 Å². The predicted octanol–water partition coefficient (Wildman–Crippen LogP) is 3.32. The number of anilines is 1. The van der Waals surface area contributed by atoms with E-state index in [1.54, 1.807) is 37.4 Å². The van der Waals surface area contributed by atoms with Crippen LogP contribution < -0.4 is 15.4 Å². The molecule has 0 saturated carbocycles. The first kappa shape index (κ1) is 24.1. The van der Waals surface area contributed by atoms with E-state index >= 15 is 0 Å². The summed E-state index contributed by atoms with van der Waals surface area (Å²) in [5.41, 5.74) is 0.498. The van der Waals surface area contributed by atoms with Crippen LogP contribution in [0.1, 0.15) is 33.1 Å². The maximum absolute atomic E-state index is 12.3. The number of hydrogen-bond donors (Lipinski definition) is 2. The van der Waals surface area contributed by atoms with Gasteiger partial charge in [-0.3, -0.25) is 19.8 Å². The number of aromatic nitrogens is 1. The van der Waals surface area contributed by atoms with E-state index in [1.165, 1.54) is 6.20 Å². The van der Waals surface area contributed by atoms with Gasteiger partial charge in [0.25, 0.3) is 5.70 Å². The average Bonchev–Trinajstić information content (AvgIpc) is 2.94. The predicted molar refractivity (Wildman–Crippen MR) is 120 cm³/mol. The molecule has 1 aliphatic carbocycles. The van der Waals surface area contributed by atoms with Crippen LogP contribution >= 0.6 is 0 Å². The molecule has 9 nitrogen and oxygen atoms in total. The molecule has 168 valence electrons. The lowest BCUT2D eigenvalue weighted by molar-refractivity contribution is -0.428. The van der Waals surface area contributed by atoms with Gasteiger partial charge in [-0.05, 0) is 50.2 Å².